The smallest absolute Gasteiger partial charge is 0.410 e. The highest BCUT2D eigenvalue weighted by Crippen LogP contribution is 2.24. The number of hydrogen-bond acceptors (Lipinski definition) is 3. The largest absolute Gasteiger partial charge is 0.497 e. The molecule has 1 aliphatic heterocycles. The van der Waals surface area contributed by atoms with E-state index < -0.39 is 0 Å². The maximum Gasteiger partial charge on any atom is 0.410 e. The quantitative estimate of drug-likeness (QED) is 0.856. The summed E-state index contributed by atoms with van der Waals surface area (Å²) in [6.07, 6.45) is -0.255. The zero-order chi connectivity index (χ0) is 11.5. The van der Waals surface area contributed by atoms with Gasteiger partial charge in [-0.25, -0.2) is 4.79 Å². The summed E-state index contributed by atoms with van der Waals surface area (Å²) in [7, 11) is 1.62. The number of halogens is 1. The first kappa shape index (κ1) is 11.3. The van der Waals surface area contributed by atoms with Gasteiger partial charge in [0.05, 0.1) is 20.2 Å². The van der Waals surface area contributed by atoms with E-state index >= 15 is 0 Å². The molecule has 1 aliphatic rings. The average Bonchev–Trinajstić information content (AvgIpc) is 2.68. The van der Waals surface area contributed by atoms with Crippen LogP contribution in [-0.2, 0) is 11.3 Å². The molecule has 1 amide bonds. The Morgan fingerprint density at radius 2 is 2.38 bits per heavy atom. The molecule has 2 rings (SSSR count). The second-order valence-corrected chi connectivity index (χ2v) is 4.35. The number of rotatable bonds is 3. The molecule has 1 fully saturated rings. The molecule has 0 bridgehead atoms. The minimum Gasteiger partial charge on any atom is -0.497 e. The summed E-state index contributed by atoms with van der Waals surface area (Å²) < 4.78 is 11.0. The highest BCUT2D eigenvalue weighted by atomic mass is 79.9. The number of cyclic esters (lactones) is 1. The van der Waals surface area contributed by atoms with Crippen molar-refractivity contribution in [3.05, 3.63) is 28.2 Å². The lowest BCUT2D eigenvalue weighted by molar-refractivity contribution is 0.157. The summed E-state index contributed by atoms with van der Waals surface area (Å²) >= 11 is 3.45. The fourth-order valence-corrected chi connectivity index (χ4v) is 1.95. The van der Waals surface area contributed by atoms with Crippen LogP contribution in [0, 0.1) is 0 Å². The van der Waals surface area contributed by atoms with Gasteiger partial charge in [-0.05, 0) is 23.8 Å². The molecule has 1 heterocycles. The van der Waals surface area contributed by atoms with Gasteiger partial charge in [0, 0.05) is 4.47 Å². The van der Waals surface area contributed by atoms with Gasteiger partial charge in [0.1, 0.15) is 12.4 Å². The van der Waals surface area contributed by atoms with E-state index in [1.165, 1.54) is 0 Å². The topological polar surface area (TPSA) is 38.8 Å². The zero-order valence-corrected chi connectivity index (χ0v) is 10.5. The third kappa shape index (κ3) is 2.29. The molecule has 0 unspecified atom stereocenters. The third-order valence-corrected chi connectivity index (χ3v) is 3.23. The number of carbonyl (C=O) groups is 1. The van der Waals surface area contributed by atoms with E-state index in [0.29, 0.717) is 19.7 Å². The van der Waals surface area contributed by atoms with Crippen LogP contribution >= 0.6 is 15.9 Å². The van der Waals surface area contributed by atoms with Crippen LogP contribution in [0.25, 0.3) is 0 Å². The maximum absolute atomic E-state index is 11.3. The molecule has 1 aromatic rings. The highest BCUT2D eigenvalue weighted by Gasteiger charge is 2.22. The summed E-state index contributed by atoms with van der Waals surface area (Å²) in [6, 6.07) is 5.70. The minimum absolute atomic E-state index is 0.255. The summed E-state index contributed by atoms with van der Waals surface area (Å²) in [4.78, 5) is 13.0. The second kappa shape index (κ2) is 4.74. The van der Waals surface area contributed by atoms with Gasteiger partial charge in [0.2, 0.25) is 0 Å². The van der Waals surface area contributed by atoms with Gasteiger partial charge < -0.3 is 14.4 Å². The monoisotopic (exact) mass is 285 g/mol. The van der Waals surface area contributed by atoms with Crippen LogP contribution in [0.4, 0.5) is 4.79 Å². The Morgan fingerprint density at radius 1 is 1.56 bits per heavy atom. The molecule has 0 atom stereocenters. The van der Waals surface area contributed by atoms with Crippen molar-refractivity contribution in [2.24, 2.45) is 0 Å². The van der Waals surface area contributed by atoms with Crippen LogP contribution < -0.4 is 4.74 Å². The molecule has 4 nitrogen and oxygen atoms in total. The number of nitrogens with zero attached hydrogens (tertiary/aromatic N) is 1. The molecule has 0 N–H and O–H groups in total. The van der Waals surface area contributed by atoms with Gasteiger partial charge in [-0.15, -0.1) is 0 Å². The second-order valence-electron chi connectivity index (χ2n) is 3.49. The Morgan fingerprint density at radius 3 is 3.00 bits per heavy atom. The van der Waals surface area contributed by atoms with E-state index in [4.69, 9.17) is 9.47 Å². The van der Waals surface area contributed by atoms with E-state index in [2.05, 4.69) is 15.9 Å². The van der Waals surface area contributed by atoms with Crippen molar-refractivity contribution in [2.45, 2.75) is 6.54 Å². The first-order chi connectivity index (χ1) is 7.70. The Kier molecular flexibility index (Phi) is 3.33. The molecule has 1 saturated heterocycles. The molecule has 1 aromatic carbocycles. The first-order valence-corrected chi connectivity index (χ1v) is 5.74. The molecule has 0 aromatic heterocycles. The number of hydrogen-bond donors (Lipinski definition) is 0. The van der Waals surface area contributed by atoms with Crippen molar-refractivity contribution in [3.8, 4) is 5.75 Å². The van der Waals surface area contributed by atoms with Crippen LogP contribution in [-0.4, -0.2) is 31.3 Å². The fourth-order valence-electron chi connectivity index (χ4n) is 1.57. The van der Waals surface area contributed by atoms with Gasteiger partial charge in [-0.2, -0.15) is 0 Å². The van der Waals surface area contributed by atoms with Crippen LogP contribution in [0.15, 0.2) is 22.7 Å². The Bertz CT molecular complexity index is 408. The highest BCUT2D eigenvalue weighted by molar-refractivity contribution is 9.10. The van der Waals surface area contributed by atoms with E-state index in [9.17, 15) is 4.79 Å². The van der Waals surface area contributed by atoms with E-state index in [-0.39, 0.29) is 6.09 Å². The predicted octanol–water partition coefficient (Wildman–Crippen LogP) is 2.41. The molecule has 86 valence electrons. The van der Waals surface area contributed by atoms with E-state index in [1.807, 2.05) is 18.2 Å². The Balaban J connectivity index is 2.16. The molecule has 0 radical (unpaired) electrons. The average molecular weight is 286 g/mol. The van der Waals surface area contributed by atoms with Crippen LogP contribution in [0.3, 0.4) is 0 Å². The van der Waals surface area contributed by atoms with E-state index in [0.717, 1.165) is 15.8 Å². The number of amides is 1. The molecular weight excluding hydrogens is 274 g/mol. The van der Waals surface area contributed by atoms with Gasteiger partial charge >= 0.3 is 6.09 Å². The molecular formula is C11H12BrNO3. The standard InChI is InChI=1S/C11H12BrNO3/c1-15-9-2-3-10(12)8(6-9)7-13-4-5-16-11(13)14/h2-3,6H,4-5,7H2,1H3. The number of ether oxygens (including phenoxy) is 2. The lowest BCUT2D eigenvalue weighted by Crippen LogP contribution is -2.23. The first-order valence-electron chi connectivity index (χ1n) is 4.95. The van der Waals surface area contributed by atoms with Gasteiger partial charge in [0.25, 0.3) is 0 Å². The number of methoxy groups -OCH3 is 1. The van der Waals surface area contributed by atoms with Crippen LogP contribution in [0.1, 0.15) is 5.56 Å². The van der Waals surface area contributed by atoms with Gasteiger partial charge in [-0.1, -0.05) is 15.9 Å². The van der Waals surface area contributed by atoms with Crippen LogP contribution in [0.2, 0.25) is 0 Å². The van der Waals surface area contributed by atoms with Crippen molar-refractivity contribution >= 4 is 22.0 Å². The lowest BCUT2D eigenvalue weighted by atomic mass is 10.2. The summed E-state index contributed by atoms with van der Waals surface area (Å²) in [5.74, 6) is 0.783. The SMILES string of the molecule is COc1ccc(Br)c(CN2CCOC2=O)c1. The zero-order valence-electron chi connectivity index (χ0n) is 8.90. The Labute approximate surface area is 102 Å². The summed E-state index contributed by atoms with van der Waals surface area (Å²) in [6.45, 7) is 1.65. The summed E-state index contributed by atoms with van der Waals surface area (Å²) in [5.41, 5.74) is 1.01. The molecule has 0 aliphatic carbocycles. The van der Waals surface area contributed by atoms with Crippen molar-refractivity contribution < 1.29 is 14.3 Å². The predicted molar refractivity (Wildman–Crippen MR) is 62.5 cm³/mol. The van der Waals surface area contributed by atoms with Gasteiger partial charge in [-0.3, -0.25) is 0 Å². The molecule has 16 heavy (non-hydrogen) atoms. The Hall–Kier alpha value is -1.23. The van der Waals surface area contributed by atoms with Crippen molar-refractivity contribution in [3.63, 3.8) is 0 Å². The molecule has 0 saturated carbocycles. The van der Waals surface area contributed by atoms with Crippen LogP contribution in [0.5, 0.6) is 5.75 Å². The van der Waals surface area contributed by atoms with Crippen molar-refractivity contribution in [2.75, 3.05) is 20.3 Å². The molecule has 0 spiro atoms. The summed E-state index contributed by atoms with van der Waals surface area (Å²) in [5, 5.41) is 0. The van der Waals surface area contributed by atoms with E-state index in [1.54, 1.807) is 12.0 Å². The lowest BCUT2D eigenvalue weighted by Gasteiger charge is -2.14. The maximum atomic E-state index is 11.3. The van der Waals surface area contributed by atoms with Gasteiger partial charge in [0.15, 0.2) is 0 Å². The fraction of sp³-hybridized carbons (Fsp3) is 0.364. The number of benzene rings is 1. The van der Waals surface area contributed by atoms with Crippen molar-refractivity contribution in [1.82, 2.24) is 4.90 Å². The third-order valence-electron chi connectivity index (χ3n) is 2.46. The van der Waals surface area contributed by atoms with Crippen molar-refractivity contribution in [1.29, 1.82) is 0 Å². The minimum atomic E-state index is -0.255. The molecule has 5 heteroatoms. The number of carbonyl (C=O) groups excluding carboxylic acids is 1. The normalized spacial score (nSPS) is 15.1.